The number of rotatable bonds is 4. The van der Waals surface area contributed by atoms with Gasteiger partial charge in [-0.15, -0.1) is 0 Å². The molecule has 1 amide bonds. The topological polar surface area (TPSA) is 58.1 Å². The second-order valence-corrected chi connectivity index (χ2v) is 7.74. The van der Waals surface area contributed by atoms with Crippen LogP contribution in [-0.4, -0.2) is 33.9 Å². The first-order chi connectivity index (χ1) is 13.3. The summed E-state index contributed by atoms with van der Waals surface area (Å²) in [6.07, 6.45) is 1.79. The Kier molecular flexibility index (Phi) is 4.51. The van der Waals surface area contributed by atoms with Crippen molar-refractivity contribution >= 4 is 11.7 Å². The van der Waals surface area contributed by atoms with Gasteiger partial charge in [-0.2, -0.15) is 13.2 Å². The molecule has 2 aliphatic rings. The molecule has 2 fully saturated rings. The van der Waals surface area contributed by atoms with E-state index < -0.39 is 17.3 Å². The van der Waals surface area contributed by atoms with Crippen LogP contribution in [-0.2, 0) is 11.7 Å². The molecule has 0 unspecified atom stereocenters. The van der Waals surface area contributed by atoms with E-state index in [4.69, 9.17) is 0 Å². The summed E-state index contributed by atoms with van der Waals surface area (Å²) in [7, 11) is 0. The van der Waals surface area contributed by atoms with Crippen LogP contribution in [0.25, 0.3) is 0 Å². The number of halogens is 3. The summed E-state index contributed by atoms with van der Waals surface area (Å²) in [5.74, 6) is 1.00. The molecule has 1 atom stereocenters. The zero-order valence-electron chi connectivity index (χ0n) is 15.5. The highest BCUT2D eigenvalue weighted by molar-refractivity contribution is 5.94. The van der Waals surface area contributed by atoms with E-state index in [1.807, 2.05) is 4.90 Å². The molecule has 0 spiro atoms. The Morgan fingerprint density at radius 3 is 2.61 bits per heavy atom. The predicted molar refractivity (Wildman–Crippen MR) is 97.7 cm³/mol. The van der Waals surface area contributed by atoms with Crippen molar-refractivity contribution < 1.29 is 18.0 Å². The summed E-state index contributed by atoms with van der Waals surface area (Å²) < 4.78 is 38.9. The number of nitrogens with zero attached hydrogens (tertiary/aromatic N) is 3. The van der Waals surface area contributed by atoms with Gasteiger partial charge in [-0.05, 0) is 48.9 Å². The van der Waals surface area contributed by atoms with Gasteiger partial charge in [0.1, 0.15) is 5.82 Å². The number of amides is 1. The molecule has 148 valence electrons. The Morgan fingerprint density at radius 2 is 2.04 bits per heavy atom. The van der Waals surface area contributed by atoms with Crippen molar-refractivity contribution in [2.75, 3.05) is 18.4 Å². The van der Waals surface area contributed by atoms with Gasteiger partial charge in [0.25, 0.3) is 5.91 Å². The molecule has 0 radical (unpaired) electrons. The number of likely N-dealkylation sites (tertiary alicyclic amines) is 1. The molecule has 1 aliphatic heterocycles. The smallest absolute Gasteiger partial charge is 0.360 e. The van der Waals surface area contributed by atoms with Crippen molar-refractivity contribution in [1.82, 2.24) is 14.9 Å². The fraction of sp³-hybridized carbons (Fsp3) is 0.450. The molecular weight excluding hydrogens is 369 g/mol. The third kappa shape index (κ3) is 3.68. The average molecular weight is 390 g/mol. The molecule has 28 heavy (non-hydrogen) atoms. The molecule has 8 heteroatoms. The molecule has 2 aromatic rings. The van der Waals surface area contributed by atoms with Crippen LogP contribution in [0.5, 0.6) is 0 Å². The normalized spacial score (nSPS) is 20.9. The number of nitrogens with one attached hydrogen (secondary N) is 1. The summed E-state index contributed by atoms with van der Waals surface area (Å²) in [6.45, 7) is 3.63. The van der Waals surface area contributed by atoms with E-state index in [1.165, 1.54) is 12.4 Å². The second kappa shape index (κ2) is 6.76. The molecule has 1 saturated heterocycles. The van der Waals surface area contributed by atoms with E-state index in [-0.39, 0.29) is 5.91 Å². The Balaban J connectivity index is 1.48. The number of carbonyl (C=O) groups excluding carboxylic acids is 1. The number of hydrogen-bond acceptors (Lipinski definition) is 4. The van der Waals surface area contributed by atoms with Crippen LogP contribution in [0.1, 0.15) is 47.7 Å². The highest BCUT2D eigenvalue weighted by Crippen LogP contribution is 2.48. The van der Waals surface area contributed by atoms with Gasteiger partial charge in [0.05, 0.1) is 16.7 Å². The van der Waals surface area contributed by atoms with E-state index in [2.05, 4.69) is 22.2 Å². The monoisotopic (exact) mass is 390 g/mol. The third-order valence-electron chi connectivity index (χ3n) is 5.46. The van der Waals surface area contributed by atoms with Crippen molar-refractivity contribution in [3.63, 3.8) is 0 Å². The summed E-state index contributed by atoms with van der Waals surface area (Å²) in [6, 6.07) is 4.55. The van der Waals surface area contributed by atoms with Crippen molar-refractivity contribution in [1.29, 1.82) is 0 Å². The van der Waals surface area contributed by atoms with Crippen LogP contribution in [0.4, 0.5) is 19.0 Å². The van der Waals surface area contributed by atoms with Gasteiger partial charge in [-0.3, -0.25) is 9.78 Å². The molecule has 1 saturated carbocycles. The fourth-order valence-electron chi connectivity index (χ4n) is 3.61. The average Bonchev–Trinajstić information content (AvgIpc) is 3.33. The molecule has 2 aromatic heterocycles. The summed E-state index contributed by atoms with van der Waals surface area (Å²) in [5, 5.41) is 3.22. The Bertz CT molecular complexity index is 878. The lowest BCUT2D eigenvalue weighted by molar-refractivity contribution is -0.137. The quantitative estimate of drug-likeness (QED) is 0.855. The van der Waals surface area contributed by atoms with Gasteiger partial charge in [0.15, 0.2) is 0 Å². The van der Waals surface area contributed by atoms with Gasteiger partial charge in [-0.1, -0.05) is 6.92 Å². The molecule has 1 N–H and O–H groups in total. The number of carbonyl (C=O) groups is 1. The van der Waals surface area contributed by atoms with Gasteiger partial charge in [0, 0.05) is 31.7 Å². The fourth-order valence-corrected chi connectivity index (χ4v) is 3.61. The van der Waals surface area contributed by atoms with Gasteiger partial charge in [-0.25, -0.2) is 4.98 Å². The molecule has 0 bridgehead atoms. The molecule has 0 aromatic carbocycles. The Hall–Kier alpha value is -2.64. The number of alkyl halides is 3. The first-order valence-electron chi connectivity index (χ1n) is 9.33. The first-order valence-corrected chi connectivity index (χ1v) is 9.33. The number of pyridine rings is 2. The van der Waals surface area contributed by atoms with Gasteiger partial charge in [0.2, 0.25) is 0 Å². The minimum atomic E-state index is -4.42. The maximum Gasteiger partial charge on any atom is 0.417 e. The standard InChI is InChI=1S/C20H21F3N4O/c1-13-4-7-27(12-13)18(28)14-2-3-17(25-9-14)26-19(5-6-19)15-8-16(11-24-10-15)20(21,22)23/h2-3,8-11,13H,4-7,12H2,1H3,(H,25,26)/t13-/m0/s1. The first kappa shape index (κ1) is 18.7. The molecule has 5 nitrogen and oxygen atoms in total. The summed E-state index contributed by atoms with van der Waals surface area (Å²) in [4.78, 5) is 22.4. The van der Waals surface area contributed by atoms with Crippen molar-refractivity contribution in [2.45, 2.75) is 37.9 Å². The lowest BCUT2D eigenvalue weighted by Gasteiger charge is -2.20. The second-order valence-electron chi connectivity index (χ2n) is 7.74. The van der Waals surface area contributed by atoms with Crippen molar-refractivity contribution in [2.24, 2.45) is 5.92 Å². The maximum atomic E-state index is 13.0. The zero-order valence-corrected chi connectivity index (χ0v) is 15.5. The Labute approximate surface area is 161 Å². The minimum absolute atomic E-state index is 0.0355. The predicted octanol–water partition coefficient (Wildman–Crippen LogP) is 4.08. The molecule has 1 aliphatic carbocycles. The van der Waals surface area contributed by atoms with Gasteiger partial charge < -0.3 is 10.2 Å². The van der Waals surface area contributed by atoms with Crippen LogP contribution < -0.4 is 5.32 Å². The lowest BCUT2D eigenvalue weighted by atomic mass is 10.0. The summed E-state index contributed by atoms with van der Waals surface area (Å²) in [5.41, 5.74) is -0.329. The third-order valence-corrected chi connectivity index (χ3v) is 5.46. The summed E-state index contributed by atoms with van der Waals surface area (Å²) >= 11 is 0. The zero-order chi connectivity index (χ0) is 19.9. The van der Waals surface area contributed by atoms with Crippen LogP contribution in [0.15, 0.2) is 36.8 Å². The van der Waals surface area contributed by atoms with E-state index >= 15 is 0 Å². The largest absolute Gasteiger partial charge is 0.417 e. The number of anilines is 1. The lowest BCUT2D eigenvalue weighted by Crippen LogP contribution is -2.28. The van der Waals surface area contributed by atoms with E-state index in [0.717, 1.165) is 31.8 Å². The van der Waals surface area contributed by atoms with E-state index in [0.29, 0.717) is 35.7 Å². The number of aromatic nitrogens is 2. The Morgan fingerprint density at radius 1 is 1.25 bits per heavy atom. The van der Waals surface area contributed by atoms with E-state index in [1.54, 1.807) is 12.1 Å². The molecule has 4 rings (SSSR count). The van der Waals surface area contributed by atoms with E-state index in [9.17, 15) is 18.0 Å². The molecular formula is C20H21F3N4O. The molecule has 3 heterocycles. The van der Waals surface area contributed by atoms with Crippen LogP contribution in [0.3, 0.4) is 0 Å². The van der Waals surface area contributed by atoms with Crippen molar-refractivity contribution in [3.8, 4) is 0 Å². The highest BCUT2D eigenvalue weighted by atomic mass is 19.4. The van der Waals surface area contributed by atoms with Crippen LogP contribution >= 0.6 is 0 Å². The van der Waals surface area contributed by atoms with Crippen LogP contribution in [0.2, 0.25) is 0 Å². The van der Waals surface area contributed by atoms with Crippen LogP contribution in [0, 0.1) is 5.92 Å². The maximum absolute atomic E-state index is 13.0. The highest BCUT2D eigenvalue weighted by Gasteiger charge is 2.46. The van der Waals surface area contributed by atoms with Crippen molar-refractivity contribution in [3.05, 3.63) is 53.5 Å². The van der Waals surface area contributed by atoms with Gasteiger partial charge >= 0.3 is 6.18 Å². The SMILES string of the molecule is C[C@H]1CCN(C(=O)c2ccc(NC3(c4cncc(C(F)(F)F)c4)CC3)nc2)C1. The minimum Gasteiger partial charge on any atom is -0.360 e. The number of hydrogen-bond donors (Lipinski definition) is 1.